The van der Waals surface area contributed by atoms with Crippen LogP contribution in [0.2, 0.25) is 5.15 Å². The Morgan fingerprint density at radius 1 is 1.45 bits per heavy atom. The van der Waals surface area contributed by atoms with E-state index in [1.807, 2.05) is 12.1 Å². The molecule has 0 fully saturated rings. The van der Waals surface area contributed by atoms with Crippen LogP contribution < -0.4 is 0 Å². The first kappa shape index (κ1) is 6.55. The van der Waals surface area contributed by atoms with Crippen LogP contribution in [0.25, 0.3) is 11.0 Å². The van der Waals surface area contributed by atoms with E-state index in [0.29, 0.717) is 10.7 Å². The SMILES string of the molecule is Clc1cnc2ccc[c]c2n1. The zero-order valence-corrected chi connectivity index (χ0v) is 6.34. The molecule has 0 aliphatic heterocycles. The Kier molecular flexibility index (Phi) is 1.47. The summed E-state index contributed by atoms with van der Waals surface area (Å²) in [7, 11) is 0. The molecule has 2 rings (SSSR count). The molecular weight excluding hydrogens is 160 g/mol. The fourth-order valence-corrected chi connectivity index (χ4v) is 1.00. The second-order valence-electron chi connectivity index (χ2n) is 2.10. The molecule has 0 saturated heterocycles. The van der Waals surface area contributed by atoms with Gasteiger partial charge in [0.1, 0.15) is 5.15 Å². The number of hydrogen-bond donors (Lipinski definition) is 0. The van der Waals surface area contributed by atoms with Crippen LogP contribution >= 0.6 is 11.6 Å². The highest BCUT2D eigenvalue weighted by Gasteiger charge is 1.94. The van der Waals surface area contributed by atoms with Crippen molar-refractivity contribution in [3.05, 3.63) is 35.6 Å². The summed E-state index contributed by atoms with van der Waals surface area (Å²) in [5.41, 5.74) is 1.52. The molecule has 11 heavy (non-hydrogen) atoms. The molecule has 0 unspecified atom stereocenters. The maximum atomic E-state index is 5.63. The normalized spacial score (nSPS) is 10.3. The van der Waals surface area contributed by atoms with Gasteiger partial charge in [0.25, 0.3) is 0 Å². The highest BCUT2D eigenvalue weighted by atomic mass is 35.5. The van der Waals surface area contributed by atoms with Gasteiger partial charge in [0.05, 0.1) is 17.2 Å². The fourth-order valence-electron chi connectivity index (χ4n) is 0.871. The van der Waals surface area contributed by atoms with Gasteiger partial charge >= 0.3 is 0 Å². The molecule has 0 aliphatic rings. The molecule has 0 saturated carbocycles. The van der Waals surface area contributed by atoms with Crippen LogP contribution in [0, 0.1) is 6.07 Å². The third-order valence-electron chi connectivity index (χ3n) is 1.34. The van der Waals surface area contributed by atoms with E-state index in [-0.39, 0.29) is 0 Å². The van der Waals surface area contributed by atoms with E-state index in [1.165, 1.54) is 6.20 Å². The number of fused-ring (bicyclic) bond motifs is 1. The Bertz CT molecular complexity index is 387. The Balaban J connectivity index is 2.83. The van der Waals surface area contributed by atoms with Crippen molar-refractivity contribution in [3.63, 3.8) is 0 Å². The fraction of sp³-hybridized carbons (Fsp3) is 0. The molecule has 2 aromatic rings. The van der Waals surface area contributed by atoms with Crippen LogP contribution in [0.4, 0.5) is 0 Å². The molecule has 53 valence electrons. The quantitative estimate of drug-likeness (QED) is 0.594. The van der Waals surface area contributed by atoms with Gasteiger partial charge in [0, 0.05) is 6.07 Å². The number of benzene rings is 1. The summed E-state index contributed by atoms with van der Waals surface area (Å²) in [6.45, 7) is 0. The van der Waals surface area contributed by atoms with E-state index in [2.05, 4.69) is 16.0 Å². The predicted octanol–water partition coefficient (Wildman–Crippen LogP) is 2.08. The van der Waals surface area contributed by atoms with Gasteiger partial charge < -0.3 is 0 Å². The lowest BCUT2D eigenvalue weighted by Crippen LogP contribution is -1.82. The minimum Gasteiger partial charge on any atom is -0.251 e. The average Bonchev–Trinajstić information content (AvgIpc) is 2.04. The molecule has 1 heterocycles. The van der Waals surface area contributed by atoms with Crippen molar-refractivity contribution in [1.82, 2.24) is 9.97 Å². The van der Waals surface area contributed by atoms with Gasteiger partial charge in [0.2, 0.25) is 0 Å². The first-order valence-corrected chi connectivity index (χ1v) is 3.53. The number of aromatic nitrogens is 2. The first-order chi connectivity index (χ1) is 5.36. The van der Waals surface area contributed by atoms with Crippen molar-refractivity contribution in [2.45, 2.75) is 0 Å². The van der Waals surface area contributed by atoms with Crippen molar-refractivity contribution in [3.8, 4) is 0 Å². The average molecular weight is 164 g/mol. The monoisotopic (exact) mass is 163 g/mol. The zero-order valence-electron chi connectivity index (χ0n) is 5.58. The van der Waals surface area contributed by atoms with Crippen LogP contribution in [0.3, 0.4) is 0 Å². The van der Waals surface area contributed by atoms with Gasteiger partial charge in [-0.15, -0.1) is 0 Å². The number of nitrogens with zero attached hydrogens (tertiary/aromatic N) is 2. The number of para-hydroxylation sites is 1. The second kappa shape index (κ2) is 2.47. The van der Waals surface area contributed by atoms with Gasteiger partial charge in [-0.2, -0.15) is 0 Å². The molecule has 0 aliphatic carbocycles. The third kappa shape index (κ3) is 1.17. The predicted molar refractivity (Wildman–Crippen MR) is 43.4 cm³/mol. The van der Waals surface area contributed by atoms with Gasteiger partial charge in [0.15, 0.2) is 0 Å². The van der Waals surface area contributed by atoms with Crippen LogP contribution in [0.1, 0.15) is 0 Å². The Hall–Kier alpha value is -1.15. The Morgan fingerprint density at radius 2 is 2.36 bits per heavy atom. The van der Waals surface area contributed by atoms with Gasteiger partial charge in [-0.25, -0.2) is 4.98 Å². The Labute approximate surface area is 68.9 Å². The van der Waals surface area contributed by atoms with Crippen molar-refractivity contribution in [2.75, 3.05) is 0 Å². The van der Waals surface area contributed by atoms with Gasteiger partial charge in [-0.1, -0.05) is 23.7 Å². The second-order valence-corrected chi connectivity index (χ2v) is 2.48. The molecule has 0 spiro atoms. The van der Waals surface area contributed by atoms with E-state index in [0.717, 1.165) is 5.52 Å². The van der Waals surface area contributed by atoms with Crippen LogP contribution in [-0.2, 0) is 0 Å². The number of hydrogen-bond acceptors (Lipinski definition) is 2. The Morgan fingerprint density at radius 3 is 3.27 bits per heavy atom. The summed E-state index contributed by atoms with van der Waals surface area (Å²) < 4.78 is 0. The zero-order chi connectivity index (χ0) is 7.68. The molecule has 0 bridgehead atoms. The molecule has 0 N–H and O–H groups in total. The van der Waals surface area contributed by atoms with Crippen molar-refractivity contribution in [1.29, 1.82) is 0 Å². The summed E-state index contributed by atoms with van der Waals surface area (Å²) >= 11 is 5.63. The van der Waals surface area contributed by atoms with E-state index >= 15 is 0 Å². The summed E-state index contributed by atoms with van der Waals surface area (Å²) in [6, 6.07) is 8.45. The van der Waals surface area contributed by atoms with Crippen LogP contribution in [0.5, 0.6) is 0 Å². The molecule has 2 nitrogen and oxygen atoms in total. The standard InChI is InChI=1S/C8H4ClN2/c9-8-5-10-6-3-1-2-4-7(6)11-8/h1-3,5H. The van der Waals surface area contributed by atoms with Gasteiger partial charge in [-0.05, 0) is 6.07 Å². The lowest BCUT2D eigenvalue weighted by Gasteiger charge is -1.93. The lowest BCUT2D eigenvalue weighted by molar-refractivity contribution is 1.29. The summed E-state index contributed by atoms with van der Waals surface area (Å²) in [6.07, 6.45) is 1.53. The maximum absolute atomic E-state index is 5.63. The minimum absolute atomic E-state index is 0.403. The molecule has 0 amide bonds. The van der Waals surface area contributed by atoms with E-state index in [9.17, 15) is 0 Å². The first-order valence-electron chi connectivity index (χ1n) is 3.15. The lowest BCUT2D eigenvalue weighted by atomic mass is 10.3. The molecular formula is C8H4ClN2. The van der Waals surface area contributed by atoms with Crippen LogP contribution in [0.15, 0.2) is 24.4 Å². The summed E-state index contributed by atoms with van der Waals surface area (Å²) in [4.78, 5) is 8.08. The highest BCUT2D eigenvalue weighted by Crippen LogP contribution is 2.10. The van der Waals surface area contributed by atoms with Crippen molar-refractivity contribution >= 4 is 22.6 Å². The molecule has 1 radical (unpaired) electrons. The largest absolute Gasteiger partial charge is 0.251 e. The molecule has 1 aromatic heterocycles. The maximum Gasteiger partial charge on any atom is 0.148 e. The summed E-state index contributed by atoms with van der Waals surface area (Å²) in [5, 5.41) is 0.403. The third-order valence-corrected chi connectivity index (χ3v) is 1.52. The number of rotatable bonds is 0. The number of halogens is 1. The minimum atomic E-state index is 0.403. The van der Waals surface area contributed by atoms with Crippen molar-refractivity contribution < 1.29 is 0 Å². The van der Waals surface area contributed by atoms with E-state index in [1.54, 1.807) is 6.07 Å². The van der Waals surface area contributed by atoms with Gasteiger partial charge in [-0.3, -0.25) is 4.98 Å². The molecule has 0 atom stereocenters. The van der Waals surface area contributed by atoms with Crippen molar-refractivity contribution in [2.24, 2.45) is 0 Å². The van der Waals surface area contributed by atoms with Crippen LogP contribution in [-0.4, -0.2) is 9.97 Å². The highest BCUT2D eigenvalue weighted by molar-refractivity contribution is 6.29. The topological polar surface area (TPSA) is 25.8 Å². The summed E-state index contributed by atoms with van der Waals surface area (Å²) in [5.74, 6) is 0. The van der Waals surface area contributed by atoms with E-state index in [4.69, 9.17) is 11.6 Å². The molecule has 3 heteroatoms. The smallest absolute Gasteiger partial charge is 0.148 e. The molecule has 1 aromatic carbocycles. The van der Waals surface area contributed by atoms with E-state index < -0.39 is 0 Å².